The van der Waals surface area contributed by atoms with Gasteiger partial charge in [-0.3, -0.25) is 14.6 Å². The molecule has 2 fully saturated rings. The van der Waals surface area contributed by atoms with Crippen molar-refractivity contribution in [1.29, 1.82) is 0 Å². The van der Waals surface area contributed by atoms with E-state index in [2.05, 4.69) is 30.6 Å². The Morgan fingerprint density at radius 1 is 1.29 bits per heavy atom. The summed E-state index contributed by atoms with van der Waals surface area (Å²) in [5.74, 6) is -0.498. The van der Waals surface area contributed by atoms with E-state index in [0.29, 0.717) is 18.0 Å². The normalized spacial score (nSPS) is 35.9. The molecule has 2 aliphatic rings. The molecule has 0 bridgehead atoms. The molecule has 2 heterocycles. The Hall–Kier alpha value is -0.610. The average molecular weight is 240 g/mol. The second-order valence-corrected chi connectivity index (χ2v) is 5.91. The highest BCUT2D eigenvalue weighted by Crippen LogP contribution is 2.28. The van der Waals surface area contributed by atoms with Gasteiger partial charge in [0.2, 0.25) is 0 Å². The third kappa shape index (κ3) is 2.63. The van der Waals surface area contributed by atoms with Crippen molar-refractivity contribution in [3.05, 3.63) is 0 Å². The lowest BCUT2D eigenvalue weighted by molar-refractivity contribution is -0.142. The Bertz CT molecular complexity index is 293. The smallest absolute Gasteiger partial charge is 0.308 e. The maximum absolute atomic E-state index is 11.1. The van der Waals surface area contributed by atoms with Gasteiger partial charge in [0.25, 0.3) is 0 Å². The zero-order valence-electron chi connectivity index (χ0n) is 11.1. The van der Waals surface area contributed by atoms with Crippen LogP contribution in [-0.4, -0.2) is 59.1 Å². The summed E-state index contributed by atoms with van der Waals surface area (Å²) < 4.78 is 0. The van der Waals surface area contributed by atoms with Gasteiger partial charge in [-0.15, -0.1) is 0 Å². The number of carboxylic acids is 1. The van der Waals surface area contributed by atoms with Gasteiger partial charge in [-0.05, 0) is 26.2 Å². The highest BCUT2D eigenvalue weighted by atomic mass is 16.4. The number of likely N-dealkylation sites (tertiary alicyclic amines) is 2. The quantitative estimate of drug-likeness (QED) is 0.803. The fourth-order valence-electron chi connectivity index (χ4n) is 3.16. The fraction of sp³-hybridized carbons (Fsp3) is 0.923. The lowest BCUT2D eigenvalue weighted by Crippen LogP contribution is -2.38. The molecule has 0 aromatic heterocycles. The first-order chi connectivity index (χ1) is 7.99. The van der Waals surface area contributed by atoms with Gasteiger partial charge in [0.15, 0.2) is 0 Å². The number of aliphatic carboxylic acids is 1. The van der Waals surface area contributed by atoms with Crippen molar-refractivity contribution in [3.63, 3.8) is 0 Å². The maximum atomic E-state index is 11.1. The molecule has 4 nitrogen and oxygen atoms in total. The molecule has 2 rings (SSSR count). The Morgan fingerprint density at radius 3 is 2.47 bits per heavy atom. The van der Waals surface area contributed by atoms with Crippen LogP contribution in [0.2, 0.25) is 0 Å². The second kappa shape index (κ2) is 4.94. The minimum absolute atomic E-state index is 0.164. The molecule has 17 heavy (non-hydrogen) atoms. The molecule has 0 aliphatic carbocycles. The Balaban J connectivity index is 1.91. The fourth-order valence-corrected chi connectivity index (χ4v) is 3.16. The lowest BCUT2D eigenvalue weighted by Gasteiger charge is -2.25. The molecule has 0 spiro atoms. The zero-order valence-corrected chi connectivity index (χ0v) is 11.1. The number of hydrogen-bond acceptors (Lipinski definition) is 3. The summed E-state index contributed by atoms with van der Waals surface area (Å²) in [6, 6.07) is 1.18. The predicted molar refractivity (Wildman–Crippen MR) is 67.0 cm³/mol. The third-order valence-corrected chi connectivity index (χ3v) is 4.40. The Morgan fingerprint density at radius 2 is 2.00 bits per heavy atom. The summed E-state index contributed by atoms with van der Waals surface area (Å²) in [5.41, 5.74) is 0. The second-order valence-electron chi connectivity index (χ2n) is 5.91. The van der Waals surface area contributed by atoms with Gasteiger partial charge in [0.1, 0.15) is 0 Å². The molecule has 2 aliphatic heterocycles. The first-order valence-electron chi connectivity index (χ1n) is 6.70. The number of carboxylic acid groups (broad SMARTS) is 1. The van der Waals surface area contributed by atoms with Crippen molar-refractivity contribution in [1.82, 2.24) is 9.80 Å². The molecular formula is C13H24N2O2. The molecule has 0 amide bonds. The van der Waals surface area contributed by atoms with Crippen molar-refractivity contribution < 1.29 is 9.90 Å². The number of rotatable bonds is 3. The van der Waals surface area contributed by atoms with Crippen LogP contribution in [0.15, 0.2) is 0 Å². The maximum Gasteiger partial charge on any atom is 0.308 e. The van der Waals surface area contributed by atoms with E-state index in [9.17, 15) is 4.79 Å². The molecule has 3 unspecified atom stereocenters. The monoisotopic (exact) mass is 240 g/mol. The molecule has 1 N–H and O–H groups in total. The van der Waals surface area contributed by atoms with Gasteiger partial charge < -0.3 is 5.11 Å². The van der Waals surface area contributed by atoms with Gasteiger partial charge in [-0.2, -0.15) is 0 Å². The van der Waals surface area contributed by atoms with E-state index in [-0.39, 0.29) is 5.92 Å². The first-order valence-corrected chi connectivity index (χ1v) is 6.70. The highest BCUT2D eigenvalue weighted by molar-refractivity contribution is 5.71. The van der Waals surface area contributed by atoms with E-state index in [1.54, 1.807) is 0 Å². The molecule has 98 valence electrons. The summed E-state index contributed by atoms with van der Waals surface area (Å²) in [5, 5.41) is 9.15. The average Bonchev–Trinajstić information content (AvgIpc) is 2.82. The van der Waals surface area contributed by atoms with Crippen LogP contribution in [-0.2, 0) is 4.79 Å². The van der Waals surface area contributed by atoms with Crippen molar-refractivity contribution in [2.45, 2.75) is 39.3 Å². The number of carbonyl (C=O) groups is 1. The van der Waals surface area contributed by atoms with Gasteiger partial charge >= 0.3 is 5.97 Å². The summed E-state index contributed by atoms with van der Waals surface area (Å²) >= 11 is 0. The number of hydrogen-bond donors (Lipinski definition) is 1. The SMILES string of the molecule is CC1CN(C2CCN(C(C)C)C2)CC1C(=O)O. The van der Waals surface area contributed by atoms with Gasteiger partial charge in [0, 0.05) is 38.3 Å². The van der Waals surface area contributed by atoms with Gasteiger partial charge in [-0.1, -0.05) is 6.92 Å². The third-order valence-electron chi connectivity index (χ3n) is 4.40. The van der Waals surface area contributed by atoms with Crippen LogP contribution in [0.5, 0.6) is 0 Å². The highest BCUT2D eigenvalue weighted by Gasteiger charge is 2.39. The van der Waals surface area contributed by atoms with Gasteiger partial charge in [-0.25, -0.2) is 0 Å². The van der Waals surface area contributed by atoms with Crippen molar-refractivity contribution in [2.75, 3.05) is 26.2 Å². The Labute approximate surface area is 104 Å². The van der Waals surface area contributed by atoms with Crippen molar-refractivity contribution >= 4 is 5.97 Å². The predicted octanol–water partition coefficient (Wildman–Crippen LogP) is 1.12. The standard InChI is InChI=1S/C13H24N2O2/c1-9(2)14-5-4-11(7-14)15-6-10(3)12(8-15)13(16)17/h9-12H,4-8H2,1-3H3,(H,16,17). The van der Waals surface area contributed by atoms with E-state index in [0.717, 1.165) is 26.2 Å². The topological polar surface area (TPSA) is 43.8 Å². The molecule has 0 aromatic rings. The van der Waals surface area contributed by atoms with E-state index in [4.69, 9.17) is 5.11 Å². The number of nitrogens with zero attached hydrogens (tertiary/aromatic N) is 2. The van der Waals surface area contributed by atoms with Crippen LogP contribution < -0.4 is 0 Å². The van der Waals surface area contributed by atoms with Crippen LogP contribution in [0.3, 0.4) is 0 Å². The van der Waals surface area contributed by atoms with Crippen molar-refractivity contribution in [3.8, 4) is 0 Å². The van der Waals surface area contributed by atoms with E-state index in [1.807, 2.05) is 0 Å². The Kier molecular flexibility index (Phi) is 3.73. The van der Waals surface area contributed by atoms with Crippen LogP contribution >= 0.6 is 0 Å². The van der Waals surface area contributed by atoms with E-state index in [1.165, 1.54) is 6.42 Å². The van der Waals surface area contributed by atoms with E-state index >= 15 is 0 Å². The van der Waals surface area contributed by atoms with E-state index < -0.39 is 5.97 Å². The molecule has 4 heteroatoms. The summed E-state index contributed by atoms with van der Waals surface area (Å²) in [7, 11) is 0. The molecule has 0 aromatic carbocycles. The van der Waals surface area contributed by atoms with Crippen LogP contribution in [0.25, 0.3) is 0 Å². The largest absolute Gasteiger partial charge is 0.481 e. The van der Waals surface area contributed by atoms with Gasteiger partial charge in [0.05, 0.1) is 5.92 Å². The summed E-state index contributed by atoms with van der Waals surface area (Å²) in [6.07, 6.45) is 1.19. The minimum Gasteiger partial charge on any atom is -0.481 e. The van der Waals surface area contributed by atoms with Crippen molar-refractivity contribution in [2.24, 2.45) is 11.8 Å². The van der Waals surface area contributed by atoms with Crippen LogP contribution in [0, 0.1) is 11.8 Å². The molecule has 0 radical (unpaired) electrons. The summed E-state index contributed by atoms with van der Waals surface area (Å²) in [6.45, 7) is 10.5. The minimum atomic E-state index is -0.626. The molecule has 3 atom stereocenters. The van der Waals surface area contributed by atoms with Crippen LogP contribution in [0.1, 0.15) is 27.2 Å². The van der Waals surface area contributed by atoms with Crippen LogP contribution in [0.4, 0.5) is 0 Å². The molecular weight excluding hydrogens is 216 g/mol. The molecule has 2 saturated heterocycles. The zero-order chi connectivity index (χ0) is 12.6. The first kappa shape index (κ1) is 12.8. The summed E-state index contributed by atoms with van der Waals surface area (Å²) in [4.78, 5) is 16.0. The molecule has 0 saturated carbocycles. The lowest BCUT2D eigenvalue weighted by atomic mass is 9.99.